The smallest absolute Gasteiger partial charge is 0.274 e. The lowest BCUT2D eigenvalue weighted by atomic mass is 10.00. The molecule has 2 aromatic carbocycles. The zero-order chi connectivity index (χ0) is 20.2. The van der Waals surface area contributed by atoms with Gasteiger partial charge in [-0.1, -0.05) is 37.3 Å². The maximum Gasteiger partial charge on any atom is 0.274 e. The molecule has 1 atom stereocenters. The Hall–Kier alpha value is -2.70. The highest BCUT2D eigenvalue weighted by molar-refractivity contribution is 7.71. The predicted molar refractivity (Wildman–Crippen MR) is 119 cm³/mol. The van der Waals surface area contributed by atoms with Crippen LogP contribution in [-0.2, 0) is 6.54 Å². The van der Waals surface area contributed by atoms with Gasteiger partial charge in [0, 0.05) is 30.7 Å². The van der Waals surface area contributed by atoms with Gasteiger partial charge >= 0.3 is 0 Å². The summed E-state index contributed by atoms with van der Waals surface area (Å²) in [5.41, 5.74) is 3.38. The molecule has 1 saturated heterocycles. The Morgan fingerprint density at radius 1 is 1.17 bits per heavy atom. The van der Waals surface area contributed by atoms with E-state index in [0.29, 0.717) is 10.5 Å². The van der Waals surface area contributed by atoms with Gasteiger partial charge in [-0.15, -0.1) is 0 Å². The summed E-state index contributed by atoms with van der Waals surface area (Å²) in [7, 11) is 0. The van der Waals surface area contributed by atoms with Crippen LogP contribution >= 0.6 is 12.2 Å². The van der Waals surface area contributed by atoms with Crippen LogP contribution in [0.3, 0.4) is 0 Å². The number of aromatic amines is 1. The quantitative estimate of drug-likeness (QED) is 0.585. The van der Waals surface area contributed by atoms with E-state index in [1.165, 1.54) is 24.9 Å². The fourth-order valence-corrected chi connectivity index (χ4v) is 4.21. The van der Waals surface area contributed by atoms with E-state index in [0.717, 1.165) is 30.4 Å². The number of benzene rings is 2. The average molecular weight is 407 g/mol. The van der Waals surface area contributed by atoms with Crippen molar-refractivity contribution < 1.29 is 4.79 Å². The van der Waals surface area contributed by atoms with E-state index in [1.807, 2.05) is 42.5 Å². The number of aromatic nitrogens is 2. The number of H-pyrrole nitrogens is 1. The summed E-state index contributed by atoms with van der Waals surface area (Å²) in [6.45, 7) is 5.61. The molecule has 3 aromatic rings. The van der Waals surface area contributed by atoms with Crippen LogP contribution in [0.2, 0.25) is 0 Å². The molecule has 1 unspecified atom stereocenters. The number of anilines is 1. The minimum absolute atomic E-state index is 0.196. The second-order valence-electron chi connectivity index (χ2n) is 7.78. The molecule has 29 heavy (non-hydrogen) atoms. The Morgan fingerprint density at radius 2 is 1.93 bits per heavy atom. The number of rotatable bonds is 5. The summed E-state index contributed by atoms with van der Waals surface area (Å²) in [5, 5.41) is 2.98. The summed E-state index contributed by atoms with van der Waals surface area (Å²) >= 11 is 5.36. The molecule has 1 aliphatic heterocycles. The first-order chi connectivity index (χ1) is 14.1. The number of nitrogens with one attached hydrogen (secondary N) is 2. The molecule has 150 valence electrons. The molecule has 0 spiro atoms. The number of piperidine rings is 1. The van der Waals surface area contributed by atoms with E-state index in [1.54, 1.807) is 10.8 Å². The van der Waals surface area contributed by atoms with Gasteiger partial charge in [0.05, 0.1) is 0 Å². The van der Waals surface area contributed by atoms with Gasteiger partial charge < -0.3 is 10.3 Å². The molecule has 1 aliphatic rings. The van der Waals surface area contributed by atoms with Crippen LogP contribution in [0.5, 0.6) is 0 Å². The lowest BCUT2D eigenvalue weighted by molar-refractivity contribution is 0.102. The van der Waals surface area contributed by atoms with E-state index >= 15 is 0 Å². The lowest BCUT2D eigenvalue weighted by Gasteiger charge is -2.30. The summed E-state index contributed by atoms with van der Waals surface area (Å²) in [6.07, 6.45) is 4.25. The molecular formula is C23H26N4OS. The highest BCUT2D eigenvalue weighted by Crippen LogP contribution is 2.19. The van der Waals surface area contributed by atoms with E-state index in [9.17, 15) is 4.79 Å². The van der Waals surface area contributed by atoms with E-state index in [4.69, 9.17) is 12.2 Å². The van der Waals surface area contributed by atoms with Crippen LogP contribution in [0, 0.1) is 10.7 Å². The number of amides is 1. The molecule has 6 heteroatoms. The normalized spacial score (nSPS) is 17.2. The molecule has 5 nitrogen and oxygen atoms in total. The van der Waals surface area contributed by atoms with Crippen molar-refractivity contribution in [3.05, 3.63) is 76.8 Å². The van der Waals surface area contributed by atoms with Crippen molar-refractivity contribution in [2.24, 2.45) is 5.92 Å². The summed E-state index contributed by atoms with van der Waals surface area (Å²) < 4.78 is 2.24. The van der Waals surface area contributed by atoms with Crippen molar-refractivity contribution in [2.75, 3.05) is 18.4 Å². The monoisotopic (exact) mass is 406 g/mol. The standard InChI is InChI=1S/C23H26N4OS/c1-17-6-5-13-26(15-17)16-18-9-11-19(12-10-18)25-22(28)21-14-24-23(29)27(21)20-7-3-2-4-8-20/h2-4,7-12,14,17H,5-6,13,15-16H2,1H3,(H,24,29)(H,25,28). The van der Waals surface area contributed by atoms with E-state index in [-0.39, 0.29) is 5.91 Å². The number of para-hydroxylation sites is 1. The summed E-state index contributed by atoms with van der Waals surface area (Å²) in [4.78, 5) is 18.3. The molecule has 2 N–H and O–H groups in total. The first-order valence-electron chi connectivity index (χ1n) is 10.1. The van der Waals surface area contributed by atoms with Gasteiger partial charge in [-0.05, 0) is 67.4 Å². The number of likely N-dealkylation sites (tertiary alicyclic amines) is 1. The Balaban J connectivity index is 1.45. The Labute approximate surface area is 176 Å². The van der Waals surface area contributed by atoms with Gasteiger partial charge in [-0.2, -0.15) is 0 Å². The van der Waals surface area contributed by atoms with Crippen molar-refractivity contribution in [2.45, 2.75) is 26.3 Å². The molecule has 0 radical (unpaired) electrons. The molecule has 1 amide bonds. The third kappa shape index (κ3) is 4.66. The number of hydrogen-bond donors (Lipinski definition) is 2. The number of hydrogen-bond acceptors (Lipinski definition) is 3. The van der Waals surface area contributed by atoms with Gasteiger partial charge in [0.1, 0.15) is 5.69 Å². The van der Waals surface area contributed by atoms with E-state index in [2.05, 4.69) is 34.3 Å². The van der Waals surface area contributed by atoms with Gasteiger partial charge in [0.15, 0.2) is 4.77 Å². The van der Waals surface area contributed by atoms with Gasteiger partial charge in [0.2, 0.25) is 0 Å². The topological polar surface area (TPSA) is 53.1 Å². The first-order valence-corrected chi connectivity index (χ1v) is 10.5. The molecule has 0 bridgehead atoms. The third-order valence-electron chi connectivity index (χ3n) is 5.38. The van der Waals surface area contributed by atoms with Gasteiger partial charge in [-0.3, -0.25) is 14.3 Å². The predicted octanol–water partition coefficient (Wildman–Crippen LogP) is 5.02. The third-order valence-corrected chi connectivity index (χ3v) is 5.68. The van der Waals surface area contributed by atoms with Crippen LogP contribution < -0.4 is 5.32 Å². The van der Waals surface area contributed by atoms with Crippen molar-refractivity contribution in [1.82, 2.24) is 14.5 Å². The average Bonchev–Trinajstić information content (AvgIpc) is 3.12. The van der Waals surface area contributed by atoms with E-state index < -0.39 is 0 Å². The largest absolute Gasteiger partial charge is 0.336 e. The number of nitrogens with zero attached hydrogens (tertiary/aromatic N) is 2. The van der Waals surface area contributed by atoms with Crippen LogP contribution in [0.25, 0.3) is 5.69 Å². The van der Waals surface area contributed by atoms with Crippen LogP contribution in [0.15, 0.2) is 60.8 Å². The highest BCUT2D eigenvalue weighted by atomic mass is 32.1. The summed E-state index contributed by atoms with van der Waals surface area (Å²) in [5.74, 6) is 0.577. The molecule has 0 aliphatic carbocycles. The second kappa shape index (κ2) is 8.76. The molecule has 4 rings (SSSR count). The first kappa shape index (κ1) is 19.6. The van der Waals surface area contributed by atoms with Crippen LogP contribution in [0.1, 0.15) is 35.8 Å². The van der Waals surface area contributed by atoms with Gasteiger partial charge in [-0.25, -0.2) is 0 Å². The Kier molecular flexibility index (Phi) is 5.92. The Bertz CT molecular complexity index is 1020. The molecular weight excluding hydrogens is 380 g/mol. The SMILES string of the molecule is CC1CCCN(Cc2ccc(NC(=O)c3c[nH]c(=S)n3-c3ccccc3)cc2)C1. The number of carbonyl (C=O) groups excluding carboxylic acids is 1. The fraction of sp³-hybridized carbons (Fsp3) is 0.304. The highest BCUT2D eigenvalue weighted by Gasteiger charge is 2.17. The Morgan fingerprint density at radius 3 is 2.66 bits per heavy atom. The zero-order valence-electron chi connectivity index (χ0n) is 16.6. The number of imidazole rings is 1. The van der Waals surface area contributed by atoms with Crippen LogP contribution in [-0.4, -0.2) is 33.4 Å². The van der Waals surface area contributed by atoms with Crippen molar-refractivity contribution >= 4 is 23.8 Å². The second-order valence-corrected chi connectivity index (χ2v) is 8.17. The molecule has 1 fully saturated rings. The van der Waals surface area contributed by atoms with Crippen LogP contribution in [0.4, 0.5) is 5.69 Å². The van der Waals surface area contributed by atoms with Crippen molar-refractivity contribution in [1.29, 1.82) is 0 Å². The maximum absolute atomic E-state index is 12.9. The molecule has 1 aromatic heterocycles. The zero-order valence-corrected chi connectivity index (χ0v) is 17.4. The lowest BCUT2D eigenvalue weighted by Crippen LogP contribution is -2.33. The fourth-order valence-electron chi connectivity index (χ4n) is 3.95. The minimum atomic E-state index is -0.196. The van der Waals surface area contributed by atoms with Crippen molar-refractivity contribution in [3.63, 3.8) is 0 Å². The minimum Gasteiger partial charge on any atom is -0.336 e. The molecule has 0 saturated carbocycles. The number of carbonyl (C=O) groups is 1. The summed E-state index contributed by atoms with van der Waals surface area (Å²) in [6, 6.07) is 17.8. The van der Waals surface area contributed by atoms with Crippen molar-refractivity contribution in [3.8, 4) is 5.69 Å². The molecule has 2 heterocycles. The maximum atomic E-state index is 12.9. The van der Waals surface area contributed by atoms with Gasteiger partial charge in [0.25, 0.3) is 5.91 Å².